The highest BCUT2D eigenvalue weighted by molar-refractivity contribution is 6.11. The Labute approximate surface area is 346 Å². The van der Waals surface area contributed by atoms with E-state index in [0.717, 1.165) is 39.3 Å². The van der Waals surface area contributed by atoms with Gasteiger partial charge in [-0.25, -0.2) is 4.98 Å². The molecule has 0 unspecified atom stereocenters. The third-order valence-electron chi connectivity index (χ3n) is 10.8. The van der Waals surface area contributed by atoms with Gasteiger partial charge in [0.2, 0.25) is 0 Å². The van der Waals surface area contributed by atoms with E-state index in [1.54, 1.807) is 12.2 Å². The molecule has 8 aromatic carbocycles. The molecule has 59 heavy (non-hydrogen) atoms. The van der Waals surface area contributed by atoms with Crippen LogP contribution in [-0.2, 0) is 0 Å². The summed E-state index contributed by atoms with van der Waals surface area (Å²) in [6, 6.07) is 78.2. The molecule has 0 saturated heterocycles. The van der Waals surface area contributed by atoms with Crippen molar-refractivity contribution < 1.29 is 0 Å². The minimum Gasteiger partial charge on any atom is -0.309 e. The predicted octanol–water partition coefficient (Wildman–Crippen LogP) is 15.5. The number of aromatic nitrogens is 2. The Hall–Kier alpha value is -7.81. The molecule has 0 fully saturated rings. The molecule has 0 N–H and O–H groups in total. The highest BCUT2D eigenvalue weighted by Crippen LogP contribution is 2.39. The standard InChI is InChI=1S/C53H36N2.C4H6/c1-5-14-37(15-6-1)40-24-26-41(27-25-40)46-35-50(42-20-11-4-12-21-42)54-51(36-46)45-22-13-23-47(32-45)55-52-30-28-43(38-16-7-2-8-17-38)33-48(52)49-34-44(29-31-53(49)55)39-18-9-3-10-19-39;1-3-4-2/h1-36H;3-4H,1-2H2. The van der Waals surface area contributed by atoms with E-state index in [0.29, 0.717) is 0 Å². The smallest absolute Gasteiger partial charge is 0.0716 e. The van der Waals surface area contributed by atoms with Crippen LogP contribution in [0.15, 0.2) is 244 Å². The molecule has 2 heteroatoms. The largest absolute Gasteiger partial charge is 0.309 e. The minimum absolute atomic E-state index is 0.934. The first-order valence-corrected chi connectivity index (χ1v) is 19.9. The van der Waals surface area contributed by atoms with Gasteiger partial charge in [0.15, 0.2) is 0 Å². The van der Waals surface area contributed by atoms with Crippen LogP contribution in [0.3, 0.4) is 0 Å². The van der Waals surface area contributed by atoms with Gasteiger partial charge in [-0.05, 0) is 93.0 Å². The molecular formula is C57H42N2. The lowest BCUT2D eigenvalue weighted by Crippen LogP contribution is -1.96. The molecule has 10 rings (SSSR count). The van der Waals surface area contributed by atoms with Crippen molar-refractivity contribution >= 4 is 21.8 Å². The molecular weight excluding hydrogens is 713 g/mol. The summed E-state index contributed by atoms with van der Waals surface area (Å²) in [4.78, 5) is 5.29. The van der Waals surface area contributed by atoms with Gasteiger partial charge in [0, 0.05) is 27.6 Å². The van der Waals surface area contributed by atoms with Crippen molar-refractivity contribution in [3.63, 3.8) is 0 Å². The first kappa shape index (κ1) is 36.8. The minimum atomic E-state index is 0.934. The van der Waals surface area contributed by atoms with E-state index < -0.39 is 0 Å². The number of fused-ring (bicyclic) bond motifs is 3. The van der Waals surface area contributed by atoms with Gasteiger partial charge in [-0.2, -0.15) is 0 Å². The van der Waals surface area contributed by atoms with Gasteiger partial charge >= 0.3 is 0 Å². The third kappa shape index (κ3) is 7.68. The van der Waals surface area contributed by atoms with Crippen molar-refractivity contribution in [2.24, 2.45) is 0 Å². The highest BCUT2D eigenvalue weighted by Gasteiger charge is 2.16. The fourth-order valence-corrected chi connectivity index (χ4v) is 7.81. The lowest BCUT2D eigenvalue weighted by Gasteiger charge is -2.13. The normalized spacial score (nSPS) is 10.8. The van der Waals surface area contributed by atoms with Crippen LogP contribution in [0.1, 0.15) is 0 Å². The fraction of sp³-hybridized carbons (Fsp3) is 0. The van der Waals surface area contributed by atoms with Crippen molar-refractivity contribution in [1.82, 2.24) is 9.55 Å². The number of pyridine rings is 1. The Bertz CT molecular complexity index is 2930. The second-order valence-electron chi connectivity index (χ2n) is 14.5. The number of benzene rings is 8. The first-order chi connectivity index (χ1) is 29.2. The van der Waals surface area contributed by atoms with Crippen LogP contribution in [0.25, 0.3) is 94.5 Å². The summed E-state index contributed by atoms with van der Waals surface area (Å²) in [5.41, 5.74) is 17.0. The summed E-state index contributed by atoms with van der Waals surface area (Å²) in [6.07, 6.45) is 3.28. The van der Waals surface area contributed by atoms with Gasteiger partial charge in [-0.3, -0.25) is 0 Å². The van der Waals surface area contributed by atoms with E-state index in [4.69, 9.17) is 4.98 Å². The zero-order valence-corrected chi connectivity index (χ0v) is 32.7. The van der Waals surface area contributed by atoms with Crippen LogP contribution in [-0.4, -0.2) is 9.55 Å². The average molecular weight is 755 g/mol. The van der Waals surface area contributed by atoms with Crippen LogP contribution in [0.2, 0.25) is 0 Å². The monoisotopic (exact) mass is 754 g/mol. The van der Waals surface area contributed by atoms with E-state index in [2.05, 4.69) is 236 Å². The van der Waals surface area contributed by atoms with E-state index >= 15 is 0 Å². The molecule has 2 heterocycles. The Morgan fingerprint density at radius 2 is 0.678 bits per heavy atom. The number of nitrogens with zero attached hydrogens (tertiary/aromatic N) is 2. The Kier molecular flexibility index (Phi) is 10.4. The van der Waals surface area contributed by atoms with Crippen molar-refractivity contribution in [3.8, 4) is 72.7 Å². The summed E-state index contributed by atoms with van der Waals surface area (Å²) in [5.74, 6) is 0. The van der Waals surface area contributed by atoms with E-state index in [-0.39, 0.29) is 0 Å². The molecule has 10 aromatic rings. The molecule has 280 valence electrons. The molecule has 0 aliphatic heterocycles. The van der Waals surface area contributed by atoms with Gasteiger partial charge in [0.25, 0.3) is 0 Å². The Morgan fingerprint density at radius 1 is 0.305 bits per heavy atom. The molecule has 0 aliphatic rings. The SMILES string of the molecule is C=CC=C.c1ccc(-c2ccc(-c3cc(-c4ccccc4)nc(-c4cccc(-n5c6ccc(-c7ccccc7)cc6c6cc(-c7ccccc7)ccc65)c4)c3)cc2)cc1. The molecule has 2 aromatic heterocycles. The Balaban J connectivity index is 0.00000108. The van der Waals surface area contributed by atoms with Crippen LogP contribution in [0.5, 0.6) is 0 Å². The van der Waals surface area contributed by atoms with Gasteiger partial charge < -0.3 is 4.57 Å². The number of rotatable bonds is 8. The fourth-order valence-electron chi connectivity index (χ4n) is 7.81. The van der Waals surface area contributed by atoms with Gasteiger partial charge in [-0.1, -0.05) is 195 Å². The molecule has 0 aliphatic carbocycles. The van der Waals surface area contributed by atoms with Gasteiger partial charge in [0.1, 0.15) is 0 Å². The topological polar surface area (TPSA) is 17.8 Å². The highest BCUT2D eigenvalue weighted by atomic mass is 15.0. The maximum Gasteiger partial charge on any atom is 0.0716 e. The summed E-state index contributed by atoms with van der Waals surface area (Å²) in [7, 11) is 0. The van der Waals surface area contributed by atoms with E-state index in [9.17, 15) is 0 Å². The maximum absolute atomic E-state index is 5.29. The van der Waals surface area contributed by atoms with E-state index in [1.165, 1.54) is 55.2 Å². The summed E-state index contributed by atoms with van der Waals surface area (Å²) in [5, 5.41) is 2.45. The predicted molar refractivity (Wildman–Crippen MR) is 252 cm³/mol. The molecule has 0 bridgehead atoms. The molecule has 0 saturated carbocycles. The van der Waals surface area contributed by atoms with Crippen LogP contribution in [0.4, 0.5) is 0 Å². The van der Waals surface area contributed by atoms with E-state index in [1.807, 2.05) is 0 Å². The third-order valence-corrected chi connectivity index (χ3v) is 10.8. The number of hydrogen-bond donors (Lipinski definition) is 0. The Morgan fingerprint density at radius 3 is 1.15 bits per heavy atom. The second-order valence-corrected chi connectivity index (χ2v) is 14.5. The van der Waals surface area contributed by atoms with Gasteiger partial charge in [-0.15, -0.1) is 0 Å². The molecule has 0 radical (unpaired) electrons. The lowest BCUT2D eigenvalue weighted by molar-refractivity contribution is 1.18. The first-order valence-electron chi connectivity index (χ1n) is 19.9. The van der Waals surface area contributed by atoms with Crippen LogP contribution in [0, 0.1) is 0 Å². The summed E-state index contributed by atoms with van der Waals surface area (Å²) < 4.78 is 2.40. The average Bonchev–Trinajstić information content (AvgIpc) is 3.66. The quantitative estimate of drug-likeness (QED) is 0.141. The summed E-state index contributed by atoms with van der Waals surface area (Å²) >= 11 is 0. The molecule has 2 nitrogen and oxygen atoms in total. The second kappa shape index (κ2) is 16.7. The van der Waals surface area contributed by atoms with Crippen molar-refractivity contribution in [2.75, 3.05) is 0 Å². The number of allylic oxidation sites excluding steroid dienone is 2. The van der Waals surface area contributed by atoms with Crippen molar-refractivity contribution in [1.29, 1.82) is 0 Å². The molecule has 0 spiro atoms. The van der Waals surface area contributed by atoms with Crippen LogP contribution >= 0.6 is 0 Å². The lowest BCUT2D eigenvalue weighted by atomic mass is 9.97. The van der Waals surface area contributed by atoms with Crippen molar-refractivity contribution in [3.05, 3.63) is 244 Å². The molecule has 0 amide bonds. The number of hydrogen-bond acceptors (Lipinski definition) is 1. The maximum atomic E-state index is 5.29. The zero-order valence-electron chi connectivity index (χ0n) is 32.7. The summed E-state index contributed by atoms with van der Waals surface area (Å²) in [6.45, 7) is 6.72. The van der Waals surface area contributed by atoms with Crippen molar-refractivity contribution in [2.45, 2.75) is 0 Å². The van der Waals surface area contributed by atoms with Gasteiger partial charge in [0.05, 0.1) is 22.4 Å². The van der Waals surface area contributed by atoms with Crippen LogP contribution < -0.4 is 0 Å². The zero-order chi connectivity index (χ0) is 40.0. The molecule has 0 atom stereocenters.